The number of fused-ring (bicyclic) bond motifs is 2. The molecule has 0 aromatic carbocycles. The highest BCUT2D eigenvalue weighted by molar-refractivity contribution is 5.83. The van der Waals surface area contributed by atoms with Crippen LogP contribution in [0.4, 0.5) is 0 Å². The number of hydrogen-bond donors (Lipinski definition) is 1. The van der Waals surface area contributed by atoms with Gasteiger partial charge in [-0.3, -0.25) is 19.5 Å². The van der Waals surface area contributed by atoms with E-state index >= 15 is 0 Å². The van der Waals surface area contributed by atoms with E-state index < -0.39 is 0 Å². The monoisotopic (exact) mass is 437 g/mol. The van der Waals surface area contributed by atoms with Crippen molar-refractivity contribution < 1.29 is 9.59 Å². The molecule has 2 aromatic heterocycles. The quantitative estimate of drug-likeness (QED) is 0.797. The van der Waals surface area contributed by atoms with Gasteiger partial charge in [-0.2, -0.15) is 0 Å². The second kappa shape index (κ2) is 7.18. The van der Waals surface area contributed by atoms with E-state index in [1.54, 1.807) is 4.90 Å². The van der Waals surface area contributed by atoms with Crippen LogP contribution in [0.5, 0.6) is 0 Å². The molecule has 0 bridgehead atoms. The molecule has 2 aliphatic heterocycles. The molecule has 8 heteroatoms. The van der Waals surface area contributed by atoms with Crippen molar-refractivity contribution >= 4 is 17.5 Å². The van der Waals surface area contributed by atoms with Crippen LogP contribution in [0, 0.1) is 11.3 Å². The number of H-pyrrole nitrogens is 1. The Balaban J connectivity index is 1.18. The number of aromatic nitrogens is 3. The SMILES string of the molecule is CCC(=O)N1CCc2nc3cc(C4CCN(C(=O)[C@@H]5CC56CCC6)CC4)[nH]n3c(=O)c2C1. The lowest BCUT2D eigenvalue weighted by atomic mass is 9.79. The molecular weight excluding hydrogens is 406 g/mol. The van der Waals surface area contributed by atoms with E-state index in [0.29, 0.717) is 54.4 Å². The number of nitrogens with one attached hydrogen (secondary N) is 1. The maximum atomic E-state index is 13.1. The highest BCUT2D eigenvalue weighted by Gasteiger charge is 2.61. The van der Waals surface area contributed by atoms with Gasteiger partial charge in [0.1, 0.15) is 0 Å². The average molecular weight is 438 g/mol. The van der Waals surface area contributed by atoms with E-state index in [1.807, 2.05) is 13.0 Å². The number of carbonyl (C=O) groups is 2. The summed E-state index contributed by atoms with van der Waals surface area (Å²) in [5, 5.41) is 3.29. The van der Waals surface area contributed by atoms with Crippen molar-refractivity contribution in [1.29, 1.82) is 0 Å². The third kappa shape index (κ3) is 3.02. The van der Waals surface area contributed by atoms with Gasteiger partial charge in [-0.15, -0.1) is 0 Å². The van der Waals surface area contributed by atoms with Crippen molar-refractivity contribution in [3.8, 4) is 0 Å². The summed E-state index contributed by atoms with van der Waals surface area (Å²) in [5.74, 6) is 1.03. The van der Waals surface area contributed by atoms with E-state index in [0.717, 1.165) is 43.7 Å². The molecule has 1 atom stereocenters. The summed E-state index contributed by atoms with van der Waals surface area (Å²) in [6, 6.07) is 2.00. The smallest absolute Gasteiger partial charge is 0.277 e. The zero-order chi connectivity index (χ0) is 22.0. The van der Waals surface area contributed by atoms with Crippen LogP contribution in [0.3, 0.4) is 0 Å². The number of likely N-dealkylation sites (tertiary alicyclic amines) is 1. The van der Waals surface area contributed by atoms with Gasteiger partial charge < -0.3 is 9.80 Å². The van der Waals surface area contributed by atoms with E-state index in [2.05, 4.69) is 10.00 Å². The van der Waals surface area contributed by atoms with Crippen LogP contribution in [0.1, 0.15) is 74.7 Å². The van der Waals surface area contributed by atoms with Crippen molar-refractivity contribution in [1.82, 2.24) is 24.4 Å². The Morgan fingerprint density at radius 3 is 2.62 bits per heavy atom. The largest absolute Gasteiger partial charge is 0.342 e. The van der Waals surface area contributed by atoms with Crippen LogP contribution >= 0.6 is 0 Å². The van der Waals surface area contributed by atoms with Crippen LogP contribution in [0.25, 0.3) is 5.65 Å². The first kappa shape index (κ1) is 20.0. The molecule has 1 N–H and O–H groups in total. The van der Waals surface area contributed by atoms with Crippen LogP contribution in [0.2, 0.25) is 0 Å². The van der Waals surface area contributed by atoms with Gasteiger partial charge in [-0.1, -0.05) is 13.3 Å². The topological polar surface area (TPSA) is 90.8 Å². The molecule has 3 fully saturated rings. The zero-order valence-corrected chi connectivity index (χ0v) is 18.7. The molecule has 170 valence electrons. The van der Waals surface area contributed by atoms with Crippen molar-refractivity contribution in [2.45, 2.75) is 70.8 Å². The van der Waals surface area contributed by atoms with Crippen molar-refractivity contribution in [2.24, 2.45) is 11.3 Å². The molecular formula is C24H31N5O3. The molecule has 1 spiro atoms. The lowest BCUT2D eigenvalue weighted by Crippen LogP contribution is -2.40. The van der Waals surface area contributed by atoms with Crippen molar-refractivity contribution in [3.63, 3.8) is 0 Å². The Hall–Kier alpha value is -2.64. The second-order valence-electron chi connectivity index (χ2n) is 10.2. The Labute approximate surface area is 187 Å². The van der Waals surface area contributed by atoms with Crippen LogP contribution < -0.4 is 5.56 Å². The summed E-state index contributed by atoms with van der Waals surface area (Å²) in [6.07, 6.45) is 7.76. The Bertz CT molecular complexity index is 1150. The molecule has 2 aliphatic carbocycles. The Morgan fingerprint density at radius 1 is 1.19 bits per heavy atom. The third-order valence-electron chi connectivity index (χ3n) is 8.52. The van der Waals surface area contributed by atoms with Gasteiger partial charge in [0.05, 0.1) is 17.8 Å². The molecule has 2 amide bonds. The maximum absolute atomic E-state index is 13.1. The van der Waals surface area contributed by atoms with Gasteiger partial charge in [0.15, 0.2) is 5.65 Å². The highest BCUT2D eigenvalue weighted by Crippen LogP contribution is 2.66. The van der Waals surface area contributed by atoms with Crippen LogP contribution in [-0.2, 0) is 22.6 Å². The average Bonchev–Trinajstić information content (AvgIpc) is 3.44. The number of carbonyl (C=O) groups excluding carboxylic acids is 2. The Kier molecular flexibility index (Phi) is 4.49. The third-order valence-corrected chi connectivity index (χ3v) is 8.52. The van der Waals surface area contributed by atoms with E-state index in [4.69, 9.17) is 4.98 Å². The van der Waals surface area contributed by atoms with Gasteiger partial charge in [-0.05, 0) is 37.5 Å². The fourth-order valence-electron chi connectivity index (χ4n) is 6.16. The first-order chi connectivity index (χ1) is 15.5. The molecule has 0 unspecified atom stereocenters. The molecule has 4 aliphatic rings. The fourth-order valence-corrected chi connectivity index (χ4v) is 6.16. The predicted octanol–water partition coefficient (Wildman–Crippen LogP) is 2.21. The molecule has 2 saturated carbocycles. The molecule has 4 heterocycles. The van der Waals surface area contributed by atoms with Gasteiger partial charge in [-0.25, -0.2) is 9.50 Å². The number of amides is 2. The first-order valence-electron chi connectivity index (χ1n) is 12.2. The highest BCUT2D eigenvalue weighted by atomic mass is 16.2. The van der Waals surface area contributed by atoms with Gasteiger partial charge >= 0.3 is 0 Å². The van der Waals surface area contributed by atoms with Gasteiger partial charge in [0.2, 0.25) is 11.8 Å². The minimum absolute atomic E-state index is 0.0723. The minimum atomic E-state index is -0.100. The zero-order valence-electron chi connectivity index (χ0n) is 18.7. The number of rotatable bonds is 3. The number of aromatic amines is 1. The second-order valence-corrected chi connectivity index (χ2v) is 10.2. The summed E-state index contributed by atoms with van der Waals surface area (Å²) in [5.41, 5.74) is 3.40. The number of hydrogen-bond acceptors (Lipinski definition) is 4. The van der Waals surface area contributed by atoms with Crippen LogP contribution in [0.15, 0.2) is 10.9 Å². The van der Waals surface area contributed by atoms with Crippen molar-refractivity contribution in [3.05, 3.63) is 33.4 Å². The molecule has 2 aromatic rings. The normalized spacial score (nSPS) is 24.5. The first-order valence-corrected chi connectivity index (χ1v) is 12.2. The molecule has 0 radical (unpaired) electrons. The maximum Gasteiger partial charge on any atom is 0.277 e. The standard InChI is InChI=1S/C24H31N5O3/c1-2-21(30)28-11-6-18-16(14-28)22(31)29-20(25-18)12-19(26-29)15-4-9-27(10-5-15)23(32)17-13-24(17)7-3-8-24/h12,15,17,26H,2-11,13-14H2,1H3/t17-/m0/s1. The lowest BCUT2D eigenvalue weighted by molar-refractivity contribution is -0.135. The molecule has 6 rings (SSSR count). The molecule has 8 nitrogen and oxygen atoms in total. The van der Waals surface area contributed by atoms with E-state index in [9.17, 15) is 14.4 Å². The predicted molar refractivity (Wildman–Crippen MR) is 118 cm³/mol. The molecule has 1 saturated heterocycles. The van der Waals surface area contributed by atoms with E-state index in [-0.39, 0.29) is 17.4 Å². The minimum Gasteiger partial charge on any atom is -0.342 e. The van der Waals surface area contributed by atoms with E-state index in [1.165, 1.54) is 23.8 Å². The number of nitrogens with zero attached hydrogens (tertiary/aromatic N) is 4. The number of piperidine rings is 1. The summed E-state index contributed by atoms with van der Waals surface area (Å²) in [4.78, 5) is 46.7. The van der Waals surface area contributed by atoms with Gasteiger partial charge in [0.25, 0.3) is 5.56 Å². The van der Waals surface area contributed by atoms with Crippen LogP contribution in [-0.4, -0.2) is 55.8 Å². The summed E-state index contributed by atoms with van der Waals surface area (Å²) in [6.45, 7) is 4.39. The molecule has 32 heavy (non-hydrogen) atoms. The lowest BCUT2D eigenvalue weighted by Gasteiger charge is -2.33. The van der Waals surface area contributed by atoms with Crippen molar-refractivity contribution in [2.75, 3.05) is 19.6 Å². The van der Waals surface area contributed by atoms with Gasteiger partial charge in [0, 0.05) is 56.1 Å². The summed E-state index contributed by atoms with van der Waals surface area (Å²) >= 11 is 0. The Morgan fingerprint density at radius 2 is 1.97 bits per heavy atom. The summed E-state index contributed by atoms with van der Waals surface area (Å²) in [7, 11) is 0. The summed E-state index contributed by atoms with van der Waals surface area (Å²) < 4.78 is 1.54. The fraction of sp³-hybridized carbons (Fsp3) is 0.667.